The molecule has 0 bridgehead atoms. The number of hydrogen-bond donors (Lipinski definition) is 2. The molecule has 0 spiro atoms. The van der Waals surface area contributed by atoms with E-state index in [0.717, 1.165) is 29.6 Å². The van der Waals surface area contributed by atoms with E-state index in [-0.39, 0.29) is 0 Å². The number of halogens is 1. The first-order valence-electron chi connectivity index (χ1n) is 6.92. The number of hydrogen-bond acceptors (Lipinski definition) is 2. The van der Waals surface area contributed by atoms with Gasteiger partial charge in [0.05, 0.1) is 0 Å². The second kappa shape index (κ2) is 8.82. The zero-order chi connectivity index (χ0) is 15.0. The van der Waals surface area contributed by atoms with E-state index in [1.165, 1.54) is 0 Å². The van der Waals surface area contributed by atoms with Gasteiger partial charge < -0.3 is 15.5 Å². The first kappa shape index (κ1) is 16.8. The van der Waals surface area contributed by atoms with Crippen LogP contribution in [0.2, 0.25) is 5.02 Å². The Morgan fingerprint density at radius 3 is 2.70 bits per heavy atom. The summed E-state index contributed by atoms with van der Waals surface area (Å²) in [6.07, 6.45) is 0. The predicted molar refractivity (Wildman–Crippen MR) is 87.4 cm³/mol. The second-order valence-corrected chi connectivity index (χ2v) is 5.49. The van der Waals surface area contributed by atoms with Crippen molar-refractivity contribution >= 4 is 17.6 Å². The maximum Gasteiger partial charge on any atom is 0.191 e. The summed E-state index contributed by atoms with van der Waals surface area (Å²) in [5.74, 6) is 0.808. The van der Waals surface area contributed by atoms with Crippen LogP contribution in [0.15, 0.2) is 29.3 Å². The lowest BCUT2D eigenvalue weighted by atomic mass is 10.2. The molecule has 20 heavy (non-hydrogen) atoms. The van der Waals surface area contributed by atoms with Gasteiger partial charge in [-0.1, -0.05) is 23.7 Å². The van der Waals surface area contributed by atoms with Crippen LogP contribution in [-0.4, -0.2) is 44.1 Å². The van der Waals surface area contributed by atoms with Crippen LogP contribution in [-0.2, 0) is 6.54 Å². The average molecular weight is 297 g/mol. The molecule has 0 saturated heterocycles. The van der Waals surface area contributed by atoms with E-state index in [1.54, 1.807) is 7.05 Å². The lowest BCUT2D eigenvalue weighted by Crippen LogP contribution is -2.41. The Bertz CT molecular complexity index is 432. The highest BCUT2D eigenvalue weighted by Gasteiger charge is 2.03. The minimum atomic E-state index is 0.554. The van der Waals surface area contributed by atoms with Gasteiger partial charge >= 0.3 is 0 Å². The molecule has 0 aliphatic heterocycles. The number of aliphatic imine (C=N–C) groups is 1. The highest BCUT2D eigenvalue weighted by Crippen LogP contribution is 2.10. The Hall–Kier alpha value is -1.26. The summed E-state index contributed by atoms with van der Waals surface area (Å²) in [5.41, 5.74) is 1.14. The zero-order valence-electron chi connectivity index (χ0n) is 12.8. The summed E-state index contributed by atoms with van der Waals surface area (Å²) in [5, 5.41) is 7.34. The van der Waals surface area contributed by atoms with Gasteiger partial charge in [0.25, 0.3) is 0 Å². The number of likely N-dealkylation sites (N-methyl/N-ethyl adjacent to an activating group) is 1. The van der Waals surface area contributed by atoms with Crippen LogP contribution in [0.25, 0.3) is 0 Å². The van der Waals surface area contributed by atoms with Gasteiger partial charge in [-0.05, 0) is 38.6 Å². The maximum absolute atomic E-state index is 5.96. The molecule has 0 aliphatic rings. The van der Waals surface area contributed by atoms with Crippen molar-refractivity contribution in [1.82, 2.24) is 15.5 Å². The largest absolute Gasteiger partial charge is 0.355 e. The highest BCUT2D eigenvalue weighted by molar-refractivity contribution is 6.30. The van der Waals surface area contributed by atoms with E-state index < -0.39 is 0 Å². The number of guanidine groups is 1. The van der Waals surface area contributed by atoms with Crippen LogP contribution in [0.1, 0.15) is 19.4 Å². The molecule has 0 atom stereocenters. The van der Waals surface area contributed by atoms with Crippen LogP contribution >= 0.6 is 11.6 Å². The molecule has 0 radical (unpaired) electrons. The second-order valence-electron chi connectivity index (χ2n) is 5.06. The van der Waals surface area contributed by atoms with Crippen LogP contribution in [0.5, 0.6) is 0 Å². The Morgan fingerprint density at radius 1 is 1.35 bits per heavy atom. The van der Waals surface area contributed by atoms with Crippen LogP contribution in [0.3, 0.4) is 0 Å². The van der Waals surface area contributed by atoms with Gasteiger partial charge in [0, 0.05) is 37.7 Å². The van der Waals surface area contributed by atoms with E-state index >= 15 is 0 Å². The van der Waals surface area contributed by atoms with Gasteiger partial charge in [0.1, 0.15) is 0 Å². The molecule has 0 saturated carbocycles. The Balaban J connectivity index is 2.33. The third-order valence-corrected chi connectivity index (χ3v) is 3.45. The van der Waals surface area contributed by atoms with E-state index in [0.29, 0.717) is 12.6 Å². The molecular weight excluding hydrogens is 272 g/mol. The lowest BCUT2D eigenvalue weighted by Gasteiger charge is -2.21. The SMILES string of the molecule is CN=C(NCCN(C)C(C)C)NCc1cccc(Cl)c1. The van der Waals surface area contributed by atoms with Crippen molar-refractivity contribution in [3.63, 3.8) is 0 Å². The van der Waals surface area contributed by atoms with Crippen LogP contribution in [0.4, 0.5) is 0 Å². The van der Waals surface area contributed by atoms with E-state index in [4.69, 9.17) is 11.6 Å². The number of benzene rings is 1. The molecule has 1 rings (SSSR count). The summed E-state index contributed by atoms with van der Waals surface area (Å²) in [6.45, 7) is 6.93. The summed E-state index contributed by atoms with van der Waals surface area (Å²) >= 11 is 5.96. The fourth-order valence-electron chi connectivity index (χ4n) is 1.66. The highest BCUT2D eigenvalue weighted by atomic mass is 35.5. The van der Waals surface area contributed by atoms with Crippen molar-refractivity contribution in [2.45, 2.75) is 26.4 Å². The number of rotatable bonds is 6. The molecule has 0 fully saturated rings. The normalized spacial score (nSPS) is 12.1. The Morgan fingerprint density at radius 2 is 2.10 bits per heavy atom. The predicted octanol–water partition coefficient (Wildman–Crippen LogP) is 2.35. The average Bonchev–Trinajstić information content (AvgIpc) is 2.42. The molecule has 5 heteroatoms. The van der Waals surface area contributed by atoms with Crippen molar-refractivity contribution in [2.24, 2.45) is 4.99 Å². The third kappa shape index (κ3) is 6.26. The first-order chi connectivity index (χ1) is 9.52. The Labute approximate surface area is 127 Å². The molecule has 1 aromatic carbocycles. The molecule has 0 heterocycles. The smallest absolute Gasteiger partial charge is 0.191 e. The van der Waals surface area contributed by atoms with E-state index in [9.17, 15) is 0 Å². The summed E-state index contributed by atoms with van der Waals surface area (Å²) < 4.78 is 0. The quantitative estimate of drug-likeness (QED) is 0.625. The molecule has 0 aromatic heterocycles. The topological polar surface area (TPSA) is 39.7 Å². The van der Waals surface area contributed by atoms with Gasteiger partial charge in [-0.15, -0.1) is 0 Å². The van der Waals surface area contributed by atoms with E-state index in [1.807, 2.05) is 24.3 Å². The van der Waals surface area contributed by atoms with E-state index in [2.05, 4.69) is 41.4 Å². The maximum atomic E-state index is 5.96. The van der Waals surface area contributed by atoms with Crippen molar-refractivity contribution < 1.29 is 0 Å². The minimum absolute atomic E-state index is 0.554. The molecule has 0 aliphatic carbocycles. The van der Waals surface area contributed by atoms with Gasteiger partial charge in [0.15, 0.2) is 5.96 Å². The van der Waals surface area contributed by atoms with Crippen LogP contribution in [0, 0.1) is 0 Å². The van der Waals surface area contributed by atoms with Gasteiger partial charge in [0.2, 0.25) is 0 Å². The summed E-state index contributed by atoms with van der Waals surface area (Å²) in [6, 6.07) is 8.37. The summed E-state index contributed by atoms with van der Waals surface area (Å²) in [4.78, 5) is 6.50. The standard InChI is InChI=1S/C15H25ClN4/c1-12(2)20(4)9-8-18-15(17-3)19-11-13-6-5-7-14(16)10-13/h5-7,10,12H,8-9,11H2,1-4H3,(H2,17,18,19). The Kier molecular flexibility index (Phi) is 7.41. The van der Waals surface area contributed by atoms with Gasteiger partial charge in [-0.3, -0.25) is 4.99 Å². The van der Waals surface area contributed by atoms with Crippen molar-refractivity contribution in [1.29, 1.82) is 0 Å². The molecule has 2 N–H and O–H groups in total. The third-order valence-electron chi connectivity index (χ3n) is 3.21. The molecule has 112 valence electrons. The first-order valence-corrected chi connectivity index (χ1v) is 7.30. The lowest BCUT2D eigenvalue weighted by molar-refractivity contribution is 0.278. The molecule has 1 aromatic rings. The fraction of sp³-hybridized carbons (Fsp3) is 0.533. The zero-order valence-corrected chi connectivity index (χ0v) is 13.5. The number of nitrogens with zero attached hydrogens (tertiary/aromatic N) is 2. The molecule has 0 unspecified atom stereocenters. The van der Waals surface area contributed by atoms with Crippen molar-refractivity contribution in [3.05, 3.63) is 34.9 Å². The van der Waals surface area contributed by atoms with Crippen molar-refractivity contribution in [2.75, 3.05) is 27.2 Å². The molecule has 0 amide bonds. The van der Waals surface area contributed by atoms with Gasteiger partial charge in [-0.25, -0.2) is 0 Å². The minimum Gasteiger partial charge on any atom is -0.355 e. The molecule has 4 nitrogen and oxygen atoms in total. The van der Waals surface area contributed by atoms with Crippen LogP contribution < -0.4 is 10.6 Å². The van der Waals surface area contributed by atoms with Gasteiger partial charge in [-0.2, -0.15) is 0 Å². The molecular formula is C15H25ClN4. The fourth-order valence-corrected chi connectivity index (χ4v) is 1.88. The van der Waals surface area contributed by atoms with Crippen molar-refractivity contribution in [3.8, 4) is 0 Å². The number of nitrogens with one attached hydrogen (secondary N) is 2. The summed E-state index contributed by atoms with van der Waals surface area (Å²) in [7, 11) is 3.90. The monoisotopic (exact) mass is 296 g/mol.